The molecule has 0 spiro atoms. The largest absolute Gasteiger partial charge is 0.464 e. The van der Waals surface area contributed by atoms with Gasteiger partial charge in [0.15, 0.2) is 0 Å². The number of nitrogens with one attached hydrogen (secondary N) is 1. The number of aryl methyl sites for hydroxylation is 1. The van der Waals surface area contributed by atoms with Gasteiger partial charge in [0.2, 0.25) is 0 Å². The number of alkyl halides is 2. The Hall–Kier alpha value is -0.850. The molecule has 0 bridgehead atoms. The second kappa shape index (κ2) is 7.96. The van der Waals surface area contributed by atoms with Gasteiger partial charge in [0, 0.05) is 15.8 Å². The van der Waals surface area contributed by atoms with Gasteiger partial charge in [0.25, 0.3) is 5.76 Å². The number of furan rings is 1. The minimum absolute atomic E-state index is 0.210. The molecule has 0 saturated carbocycles. The fourth-order valence-electron chi connectivity index (χ4n) is 1.98. The molecule has 116 valence electrons. The van der Waals surface area contributed by atoms with Crippen LogP contribution in [0.1, 0.15) is 28.2 Å². The second-order valence-corrected chi connectivity index (χ2v) is 7.29. The lowest BCUT2D eigenvalue weighted by Gasteiger charge is -2.11. The summed E-state index contributed by atoms with van der Waals surface area (Å²) in [6.45, 7) is 4.85. The summed E-state index contributed by atoms with van der Waals surface area (Å²) in [5, 5.41) is 3.39. The molecule has 2 nitrogen and oxygen atoms in total. The molecule has 1 N–H and O–H groups in total. The van der Waals surface area contributed by atoms with Gasteiger partial charge in [-0.25, -0.2) is 0 Å². The van der Waals surface area contributed by atoms with Crippen LogP contribution in [-0.4, -0.2) is 11.8 Å². The summed E-state index contributed by atoms with van der Waals surface area (Å²) in [6, 6.07) is 8.24. The molecule has 6 heteroatoms. The number of thiophene rings is 1. The maximum Gasteiger partial charge on any atom is 0.284 e. The standard InChI is InChI=1S/C15H19F2NOS2/c1-10(7-14-6-3-11(2)21-14)18-8-12-4-5-13(19-12)9-20-15(16)17/h3-6,10,15,18H,7-9H2,1-2H3. The van der Waals surface area contributed by atoms with Crippen molar-refractivity contribution < 1.29 is 13.2 Å². The smallest absolute Gasteiger partial charge is 0.284 e. The molecule has 0 saturated heterocycles. The Labute approximate surface area is 131 Å². The van der Waals surface area contributed by atoms with Crippen LogP contribution in [0.5, 0.6) is 0 Å². The van der Waals surface area contributed by atoms with Gasteiger partial charge in [-0.3, -0.25) is 0 Å². The summed E-state index contributed by atoms with van der Waals surface area (Å²) in [7, 11) is 0. The van der Waals surface area contributed by atoms with Crippen molar-refractivity contribution in [2.24, 2.45) is 0 Å². The molecule has 2 rings (SSSR count). The Kier molecular flexibility index (Phi) is 6.26. The summed E-state index contributed by atoms with van der Waals surface area (Å²) in [5.41, 5.74) is 0. The predicted octanol–water partition coefficient (Wildman–Crippen LogP) is 4.83. The summed E-state index contributed by atoms with van der Waals surface area (Å²) in [4.78, 5) is 2.69. The zero-order valence-electron chi connectivity index (χ0n) is 12.1. The SMILES string of the molecule is Cc1ccc(CC(C)NCc2ccc(CSC(F)F)o2)s1. The molecule has 2 heterocycles. The molecule has 21 heavy (non-hydrogen) atoms. The van der Waals surface area contributed by atoms with Gasteiger partial charge in [-0.2, -0.15) is 8.78 Å². The van der Waals surface area contributed by atoms with E-state index >= 15 is 0 Å². The number of halogens is 2. The van der Waals surface area contributed by atoms with E-state index in [1.54, 1.807) is 6.07 Å². The normalized spacial score (nSPS) is 13.0. The molecule has 0 amide bonds. The van der Waals surface area contributed by atoms with E-state index in [0.717, 1.165) is 12.2 Å². The minimum Gasteiger partial charge on any atom is -0.464 e. The van der Waals surface area contributed by atoms with Crippen molar-refractivity contribution in [3.63, 3.8) is 0 Å². The lowest BCUT2D eigenvalue weighted by molar-refractivity contribution is 0.251. The average Bonchev–Trinajstić information content (AvgIpc) is 3.03. The van der Waals surface area contributed by atoms with Crippen LogP contribution >= 0.6 is 23.1 Å². The first-order chi connectivity index (χ1) is 10.0. The monoisotopic (exact) mass is 331 g/mol. The quantitative estimate of drug-likeness (QED) is 0.750. The molecule has 1 unspecified atom stereocenters. The third-order valence-electron chi connectivity index (χ3n) is 3.00. The van der Waals surface area contributed by atoms with Crippen LogP contribution in [0.25, 0.3) is 0 Å². The topological polar surface area (TPSA) is 25.2 Å². The highest BCUT2D eigenvalue weighted by atomic mass is 32.2. The van der Waals surface area contributed by atoms with E-state index in [2.05, 4.69) is 31.3 Å². The van der Waals surface area contributed by atoms with E-state index < -0.39 is 5.76 Å². The fraction of sp³-hybridized carbons (Fsp3) is 0.467. The van der Waals surface area contributed by atoms with Gasteiger partial charge in [0.05, 0.1) is 12.3 Å². The summed E-state index contributed by atoms with van der Waals surface area (Å²) >= 11 is 2.39. The molecule has 0 aromatic carbocycles. The lowest BCUT2D eigenvalue weighted by atomic mass is 10.2. The summed E-state index contributed by atoms with van der Waals surface area (Å²) in [5.74, 6) is -0.763. The number of rotatable bonds is 8. The van der Waals surface area contributed by atoms with Crippen LogP contribution in [0.15, 0.2) is 28.7 Å². The Bertz CT molecular complexity index is 553. The van der Waals surface area contributed by atoms with E-state index in [9.17, 15) is 8.78 Å². The molecule has 0 aliphatic heterocycles. The van der Waals surface area contributed by atoms with Crippen molar-refractivity contribution in [2.45, 2.75) is 44.4 Å². The van der Waals surface area contributed by atoms with E-state index in [0.29, 0.717) is 30.1 Å². The molecule has 1 atom stereocenters. The van der Waals surface area contributed by atoms with Gasteiger partial charge >= 0.3 is 0 Å². The van der Waals surface area contributed by atoms with E-state index in [1.165, 1.54) is 9.75 Å². The van der Waals surface area contributed by atoms with Crippen molar-refractivity contribution in [3.05, 3.63) is 45.5 Å². The van der Waals surface area contributed by atoms with Gasteiger partial charge in [-0.15, -0.1) is 11.3 Å². The number of hydrogen-bond acceptors (Lipinski definition) is 4. The summed E-state index contributed by atoms with van der Waals surface area (Å²) in [6.07, 6.45) is 0.979. The fourth-order valence-corrected chi connectivity index (χ4v) is 3.45. The van der Waals surface area contributed by atoms with E-state index in [-0.39, 0.29) is 5.75 Å². The van der Waals surface area contributed by atoms with Crippen molar-refractivity contribution in [2.75, 3.05) is 0 Å². The van der Waals surface area contributed by atoms with Gasteiger partial charge in [-0.1, -0.05) is 11.8 Å². The van der Waals surface area contributed by atoms with Crippen LogP contribution in [0.2, 0.25) is 0 Å². The maximum atomic E-state index is 12.1. The minimum atomic E-state index is -2.36. The maximum absolute atomic E-state index is 12.1. The zero-order valence-corrected chi connectivity index (χ0v) is 13.7. The van der Waals surface area contributed by atoms with Crippen LogP contribution in [0.3, 0.4) is 0 Å². The van der Waals surface area contributed by atoms with Gasteiger partial charge < -0.3 is 9.73 Å². The van der Waals surface area contributed by atoms with E-state index in [1.807, 2.05) is 17.4 Å². The molecular weight excluding hydrogens is 312 g/mol. The first kappa shape index (κ1) is 16.5. The third kappa shape index (κ3) is 5.80. The second-order valence-electron chi connectivity index (χ2n) is 4.94. The Balaban J connectivity index is 1.74. The first-order valence-electron chi connectivity index (χ1n) is 6.79. The molecule has 0 fully saturated rings. The molecule has 2 aromatic heterocycles. The molecular formula is C15H19F2NOS2. The van der Waals surface area contributed by atoms with E-state index in [4.69, 9.17) is 4.42 Å². The van der Waals surface area contributed by atoms with Gasteiger partial charge in [-0.05, 0) is 44.5 Å². The van der Waals surface area contributed by atoms with Crippen molar-refractivity contribution in [1.29, 1.82) is 0 Å². The Morgan fingerprint density at radius 1 is 1.24 bits per heavy atom. The van der Waals surface area contributed by atoms with Crippen molar-refractivity contribution >= 4 is 23.1 Å². The summed E-state index contributed by atoms with van der Waals surface area (Å²) < 4.78 is 29.7. The first-order valence-corrected chi connectivity index (χ1v) is 8.65. The molecule has 0 aliphatic carbocycles. The molecule has 0 aliphatic rings. The van der Waals surface area contributed by atoms with Crippen LogP contribution < -0.4 is 5.32 Å². The third-order valence-corrected chi connectivity index (χ3v) is 4.72. The number of hydrogen-bond donors (Lipinski definition) is 1. The van der Waals surface area contributed by atoms with Crippen LogP contribution in [0, 0.1) is 6.92 Å². The van der Waals surface area contributed by atoms with Gasteiger partial charge in [0.1, 0.15) is 11.5 Å². The van der Waals surface area contributed by atoms with Crippen molar-refractivity contribution in [1.82, 2.24) is 5.32 Å². The highest BCUT2D eigenvalue weighted by molar-refractivity contribution is 7.98. The lowest BCUT2D eigenvalue weighted by Crippen LogP contribution is -2.27. The highest BCUT2D eigenvalue weighted by Gasteiger charge is 2.09. The number of thioether (sulfide) groups is 1. The predicted molar refractivity (Wildman–Crippen MR) is 85.1 cm³/mol. The molecule has 0 radical (unpaired) electrons. The average molecular weight is 331 g/mol. The highest BCUT2D eigenvalue weighted by Crippen LogP contribution is 2.21. The van der Waals surface area contributed by atoms with Crippen molar-refractivity contribution in [3.8, 4) is 0 Å². The Morgan fingerprint density at radius 2 is 2.00 bits per heavy atom. The zero-order chi connectivity index (χ0) is 15.2. The van der Waals surface area contributed by atoms with Crippen LogP contribution in [0.4, 0.5) is 8.78 Å². The van der Waals surface area contributed by atoms with Crippen LogP contribution in [-0.2, 0) is 18.7 Å². The molecule has 2 aromatic rings. The Morgan fingerprint density at radius 3 is 2.67 bits per heavy atom.